The van der Waals surface area contributed by atoms with Crippen molar-refractivity contribution < 1.29 is 9.53 Å². The molecule has 0 fully saturated rings. The van der Waals surface area contributed by atoms with Crippen molar-refractivity contribution >= 4 is 29.3 Å². The minimum atomic E-state index is -0.762. The van der Waals surface area contributed by atoms with Gasteiger partial charge < -0.3 is 10.5 Å². The average molecular weight is 390 g/mol. The molecule has 0 aliphatic carbocycles. The van der Waals surface area contributed by atoms with Crippen LogP contribution < -0.4 is 17.0 Å². The molecule has 7 nitrogen and oxygen atoms in total. The number of rotatable bonds is 4. The molecule has 3 aromatic rings. The Morgan fingerprint density at radius 1 is 1.11 bits per heavy atom. The lowest BCUT2D eigenvalue weighted by molar-refractivity contribution is -0.142. The molecule has 0 aliphatic rings. The Morgan fingerprint density at radius 2 is 1.74 bits per heavy atom. The molecule has 3 rings (SSSR count). The van der Waals surface area contributed by atoms with Gasteiger partial charge in [0.15, 0.2) is 0 Å². The number of carbonyl (C=O) groups excluding carboxylic acids is 1. The summed E-state index contributed by atoms with van der Waals surface area (Å²) in [7, 11) is 2.91. The number of carbonyl (C=O) groups is 1. The van der Waals surface area contributed by atoms with Gasteiger partial charge in [-0.25, -0.2) is 9.36 Å². The van der Waals surface area contributed by atoms with Gasteiger partial charge in [-0.3, -0.25) is 14.2 Å². The molecule has 1 atom stereocenters. The smallest absolute Gasteiger partial charge is 0.335 e. The third-order valence-electron chi connectivity index (χ3n) is 4.33. The van der Waals surface area contributed by atoms with Crippen LogP contribution in [0, 0.1) is 0 Å². The highest BCUT2D eigenvalue weighted by Gasteiger charge is 2.15. The number of para-hydroxylation sites is 1. The van der Waals surface area contributed by atoms with E-state index >= 15 is 0 Å². The van der Waals surface area contributed by atoms with Crippen LogP contribution in [0.15, 0.2) is 58.1 Å². The molecule has 2 N–H and O–H groups in total. The van der Waals surface area contributed by atoms with Crippen LogP contribution in [0.2, 0.25) is 0 Å². The summed E-state index contributed by atoms with van der Waals surface area (Å²) in [5.41, 5.74) is 6.80. The summed E-state index contributed by atoms with van der Waals surface area (Å²) in [6.07, 6.45) is 0.303. The fourth-order valence-electron chi connectivity index (χ4n) is 2.90. The van der Waals surface area contributed by atoms with Crippen molar-refractivity contribution in [3.05, 3.63) is 74.9 Å². The highest BCUT2D eigenvalue weighted by Crippen LogP contribution is 2.11. The topological polar surface area (TPSA) is 96.3 Å². The van der Waals surface area contributed by atoms with Crippen LogP contribution in [0.5, 0.6) is 0 Å². The van der Waals surface area contributed by atoms with Crippen molar-refractivity contribution in [3.8, 4) is 5.69 Å². The van der Waals surface area contributed by atoms with Crippen LogP contribution in [0.3, 0.4) is 0 Å². The first-order chi connectivity index (χ1) is 12.4. The van der Waals surface area contributed by atoms with Crippen molar-refractivity contribution in [1.82, 2.24) is 9.13 Å². The largest absolute Gasteiger partial charge is 0.468 e. The van der Waals surface area contributed by atoms with Gasteiger partial charge in [0.25, 0.3) is 5.56 Å². The standard InChI is InChI=1S/C19H19N3O4.ClH/c1-21-16-6-4-3-5-14(16)17(23)22(19(21)25)13-9-7-12(8-10-13)11-15(20)18(24)26-2;/h3-10,15H,11,20H2,1-2H3;1H/t15-;/m0./s1. The van der Waals surface area contributed by atoms with Crippen LogP contribution in [0.1, 0.15) is 5.56 Å². The Balaban J connectivity index is 0.00000261. The molecule has 27 heavy (non-hydrogen) atoms. The number of hydrogen-bond donors (Lipinski definition) is 1. The van der Waals surface area contributed by atoms with Crippen LogP contribution in [0.4, 0.5) is 0 Å². The highest BCUT2D eigenvalue weighted by atomic mass is 35.5. The van der Waals surface area contributed by atoms with E-state index in [0.29, 0.717) is 23.0 Å². The second kappa shape index (κ2) is 8.20. The van der Waals surface area contributed by atoms with E-state index in [-0.39, 0.29) is 18.0 Å². The summed E-state index contributed by atoms with van der Waals surface area (Å²) < 4.78 is 7.18. The normalized spacial score (nSPS) is 11.7. The number of aromatic nitrogens is 2. The van der Waals surface area contributed by atoms with Crippen LogP contribution in [-0.4, -0.2) is 28.3 Å². The van der Waals surface area contributed by atoms with Crippen molar-refractivity contribution in [2.75, 3.05) is 7.11 Å². The molecule has 0 saturated carbocycles. The first-order valence-corrected chi connectivity index (χ1v) is 8.07. The van der Waals surface area contributed by atoms with Gasteiger partial charge in [0, 0.05) is 7.05 Å². The minimum absolute atomic E-state index is 0. The second-order valence-electron chi connectivity index (χ2n) is 6.00. The number of nitrogens with zero attached hydrogens (tertiary/aromatic N) is 2. The maximum absolute atomic E-state index is 12.8. The zero-order valence-electron chi connectivity index (χ0n) is 14.9. The second-order valence-corrected chi connectivity index (χ2v) is 6.00. The lowest BCUT2D eigenvalue weighted by Crippen LogP contribution is -2.37. The summed E-state index contributed by atoms with van der Waals surface area (Å²) in [6.45, 7) is 0. The number of nitrogens with two attached hydrogens (primary N) is 1. The molecule has 0 aliphatic heterocycles. The molecule has 2 aromatic carbocycles. The molecule has 0 radical (unpaired) electrons. The molecule has 0 unspecified atom stereocenters. The lowest BCUT2D eigenvalue weighted by atomic mass is 10.1. The molecule has 0 saturated heterocycles. The van der Waals surface area contributed by atoms with E-state index in [2.05, 4.69) is 4.74 Å². The monoisotopic (exact) mass is 389 g/mol. The maximum atomic E-state index is 12.8. The molecular formula is C19H20ClN3O4. The molecule has 8 heteroatoms. The van der Waals surface area contributed by atoms with E-state index in [1.807, 2.05) is 0 Å². The number of ether oxygens (including phenoxy) is 1. The molecule has 1 aromatic heterocycles. The van der Waals surface area contributed by atoms with Gasteiger partial charge in [0.1, 0.15) is 6.04 Å². The minimum Gasteiger partial charge on any atom is -0.468 e. The SMILES string of the molecule is COC(=O)[C@@H](N)Cc1ccc(-n2c(=O)c3ccccc3n(C)c2=O)cc1.Cl. The number of hydrogen-bond acceptors (Lipinski definition) is 5. The molecular weight excluding hydrogens is 370 g/mol. The Kier molecular flexibility index (Phi) is 6.20. The third-order valence-corrected chi connectivity index (χ3v) is 4.33. The Hall–Kier alpha value is -2.90. The van der Waals surface area contributed by atoms with Gasteiger partial charge >= 0.3 is 11.7 Å². The zero-order chi connectivity index (χ0) is 18.8. The number of aryl methyl sites for hydroxylation is 1. The summed E-state index contributed by atoms with van der Waals surface area (Å²) in [5, 5.41) is 0.464. The van der Waals surface area contributed by atoms with Crippen molar-refractivity contribution in [2.45, 2.75) is 12.5 Å². The van der Waals surface area contributed by atoms with Gasteiger partial charge in [-0.1, -0.05) is 24.3 Å². The Bertz CT molecular complexity index is 1090. The molecule has 1 heterocycles. The summed E-state index contributed by atoms with van der Waals surface area (Å²) in [6, 6.07) is 13.0. The van der Waals surface area contributed by atoms with Gasteiger partial charge in [-0.05, 0) is 36.2 Å². The van der Waals surface area contributed by atoms with E-state index in [4.69, 9.17) is 5.73 Å². The maximum Gasteiger partial charge on any atom is 0.335 e. The summed E-state index contributed by atoms with van der Waals surface area (Å²) >= 11 is 0. The van der Waals surface area contributed by atoms with E-state index in [0.717, 1.165) is 10.1 Å². The number of methoxy groups -OCH3 is 1. The van der Waals surface area contributed by atoms with Gasteiger partial charge in [-0.15, -0.1) is 12.4 Å². The highest BCUT2D eigenvalue weighted by molar-refractivity contribution is 5.85. The predicted octanol–water partition coefficient (Wildman–Crippen LogP) is 1.15. The van der Waals surface area contributed by atoms with E-state index in [1.165, 1.54) is 11.7 Å². The van der Waals surface area contributed by atoms with Crippen LogP contribution in [0.25, 0.3) is 16.6 Å². The first-order valence-electron chi connectivity index (χ1n) is 8.07. The van der Waals surface area contributed by atoms with Gasteiger partial charge in [0.05, 0.1) is 23.7 Å². The van der Waals surface area contributed by atoms with Crippen molar-refractivity contribution in [2.24, 2.45) is 12.8 Å². The number of esters is 1. The van der Waals surface area contributed by atoms with E-state index in [1.54, 1.807) is 55.6 Å². The first kappa shape index (κ1) is 20.4. The van der Waals surface area contributed by atoms with E-state index in [9.17, 15) is 14.4 Å². The Morgan fingerprint density at radius 3 is 2.37 bits per heavy atom. The van der Waals surface area contributed by atoms with E-state index < -0.39 is 17.7 Å². The number of benzene rings is 2. The summed E-state index contributed by atoms with van der Waals surface area (Å²) in [4.78, 5) is 36.8. The molecule has 0 bridgehead atoms. The van der Waals surface area contributed by atoms with Gasteiger partial charge in [0.2, 0.25) is 0 Å². The Labute approximate surface area is 161 Å². The van der Waals surface area contributed by atoms with Crippen LogP contribution >= 0.6 is 12.4 Å². The van der Waals surface area contributed by atoms with Crippen molar-refractivity contribution in [1.29, 1.82) is 0 Å². The van der Waals surface area contributed by atoms with Crippen LogP contribution in [-0.2, 0) is 23.0 Å². The average Bonchev–Trinajstić information content (AvgIpc) is 2.67. The fraction of sp³-hybridized carbons (Fsp3) is 0.211. The summed E-state index contributed by atoms with van der Waals surface area (Å²) in [5.74, 6) is -0.492. The number of fused-ring (bicyclic) bond motifs is 1. The quantitative estimate of drug-likeness (QED) is 0.675. The number of halogens is 1. The molecule has 0 spiro atoms. The van der Waals surface area contributed by atoms with Crippen molar-refractivity contribution in [3.63, 3.8) is 0 Å². The molecule has 142 valence electrons. The fourth-order valence-corrected chi connectivity index (χ4v) is 2.90. The molecule has 0 amide bonds. The lowest BCUT2D eigenvalue weighted by Gasteiger charge is -2.12. The third kappa shape index (κ3) is 3.79. The predicted molar refractivity (Wildman–Crippen MR) is 106 cm³/mol. The zero-order valence-corrected chi connectivity index (χ0v) is 15.7. The van der Waals surface area contributed by atoms with Gasteiger partial charge in [-0.2, -0.15) is 0 Å².